The zero-order valence-corrected chi connectivity index (χ0v) is 13.9. The minimum absolute atomic E-state index is 0.0417. The Kier molecular flexibility index (Phi) is 3.53. The number of benzene rings is 1. The molecule has 0 aliphatic carbocycles. The van der Waals surface area contributed by atoms with E-state index in [9.17, 15) is 9.50 Å². The largest absolute Gasteiger partial charge is 0.378 e. The molecule has 2 bridgehead atoms. The van der Waals surface area contributed by atoms with Crippen molar-refractivity contribution in [1.82, 2.24) is 20.0 Å². The van der Waals surface area contributed by atoms with Gasteiger partial charge in [0, 0.05) is 17.1 Å². The second-order valence-electron chi connectivity index (χ2n) is 6.83. The van der Waals surface area contributed by atoms with Gasteiger partial charge >= 0.3 is 0 Å². The lowest BCUT2D eigenvalue weighted by molar-refractivity contribution is -0.219. The van der Waals surface area contributed by atoms with Gasteiger partial charge in [0.1, 0.15) is 11.5 Å². The predicted molar refractivity (Wildman–Crippen MR) is 88.6 cm³/mol. The van der Waals surface area contributed by atoms with Gasteiger partial charge in [-0.15, -0.1) is 5.10 Å². The molecule has 2 aliphatic heterocycles. The van der Waals surface area contributed by atoms with Crippen molar-refractivity contribution in [2.75, 3.05) is 6.61 Å². The molecule has 26 heavy (non-hydrogen) atoms. The summed E-state index contributed by atoms with van der Waals surface area (Å²) in [6.45, 7) is 0.783. The Bertz CT molecular complexity index is 978. The molecule has 0 amide bonds. The summed E-state index contributed by atoms with van der Waals surface area (Å²) in [5, 5.41) is 19.9. The zero-order valence-electron chi connectivity index (χ0n) is 13.9. The van der Waals surface area contributed by atoms with Crippen LogP contribution in [0.25, 0.3) is 10.9 Å². The monoisotopic (exact) mass is 356 g/mol. The maximum absolute atomic E-state index is 13.9. The molecule has 4 heterocycles. The summed E-state index contributed by atoms with van der Waals surface area (Å²) < 4.78 is 26.7. The average molecular weight is 356 g/mol. The first-order valence-electron chi connectivity index (χ1n) is 8.55. The van der Waals surface area contributed by atoms with Crippen LogP contribution >= 0.6 is 0 Å². The molecule has 1 unspecified atom stereocenters. The first-order chi connectivity index (χ1) is 12.6. The summed E-state index contributed by atoms with van der Waals surface area (Å²) in [5.41, 5.74) is 0.498. The molecule has 2 fully saturated rings. The van der Waals surface area contributed by atoms with Crippen LogP contribution in [0.1, 0.15) is 24.1 Å². The first kappa shape index (κ1) is 15.8. The first-order valence-corrected chi connectivity index (χ1v) is 8.55. The van der Waals surface area contributed by atoms with E-state index in [-0.39, 0.29) is 11.9 Å². The van der Waals surface area contributed by atoms with E-state index in [1.807, 2.05) is 6.07 Å². The summed E-state index contributed by atoms with van der Waals surface area (Å²) in [6, 6.07) is 6.48. The van der Waals surface area contributed by atoms with Crippen LogP contribution in [-0.4, -0.2) is 44.1 Å². The van der Waals surface area contributed by atoms with Crippen molar-refractivity contribution in [3.05, 3.63) is 53.7 Å². The number of aliphatic hydroxyl groups is 1. The quantitative estimate of drug-likeness (QED) is 0.770. The van der Waals surface area contributed by atoms with Gasteiger partial charge in [0.15, 0.2) is 11.9 Å². The van der Waals surface area contributed by atoms with Gasteiger partial charge < -0.3 is 14.6 Å². The van der Waals surface area contributed by atoms with Crippen molar-refractivity contribution < 1.29 is 19.0 Å². The van der Waals surface area contributed by atoms with Gasteiger partial charge in [-0.3, -0.25) is 4.98 Å². The number of nitrogens with zero attached hydrogens (tertiary/aromatic N) is 4. The third-order valence-corrected chi connectivity index (χ3v) is 5.05. The molecule has 7 nitrogen and oxygen atoms in total. The average Bonchev–Trinajstić information content (AvgIpc) is 3.27. The topological polar surface area (TPSA) is 82.3 Å². The van der Waals surface area contributed by atoms with E-state index < -0.39 is 11.9 Å². The molecular weight excluding hydrogens is 339 g/mol. The van der Waals surface area contributed by atoms with Crippen LogP contribution in [0.3, 0.4) is 0 Å². The van der Waals surface area contributed by atoms with E-state index in [1.165, 1.54) is 12.1 Å². The Hall–Kier alpha value is -2.42. The second kappa shape index (κ2) is 5.80. The van der Waals surface area contributed by atoms with E-state index in [4.69, 9.17) is 9.47 Å². The fraction of sp³-hybridized carbons (Fsp3) is 0.389. The van der Waals surface area contributed by atoms with Crippen molar-refractivity contribution in [3.8, 4) is 0 Å². The van der Waals surface area contributed by atoms with Crippen LogP contribution in [0.15, 0.2) is 36.7 Å². The number of hydrogen-bond donors (Lipinski definition) is 1. The number of halogens is 1. The standard InChI is InChI=1S/C18H17FN4O3/c19-13-6-11-2-1-5-20-16(11)12(7-13)8-23-9-15(21-22-23)18(24)4-3-14-10-25-17(18)26-14/h1-2,5-7,9,14,17,24H,3-4,8,10H2/t14-,17+,18?/m0/s1. The number of pyridine rings is 1. The normalized spacial score (nSPS) is 27.9. The smallest absolute Gasteiger partial charge is 0.192 e. The molecule has 5 rings (SSSR count). The zero-order chi connectivity index (χ0) is 17.7. The Morgan fingerprint density at radius 3 is 3.23 bits per heavy atom. The van der Waals surface area contributed by atoms with Crippen LogP contribution in [-0.2, 0) is 21.6 Å². The lowest BCUT2D eigenvalue weighted by Crippen LogP contribution is -2.44. The fourth-order valence-electron chi connectivity index (χ4n) is 3.69. The lowest BCUT2D eigenvalue weighted by Gasteiger charge is -2.34. The minimum atomic E-state index is -1.31. The highest BCUT2D eigenvalue weighted by Gasteiger charge is 2.51. The Balaban J connectivity index is 1.47. The minimum Gasteiger partial charge on any atom is -0.378 e. The molecule has 134 valence electrons. The highest BCUT2D eigenvalue weighted by molar-refractivity contribution is 5.81. The van der Waals surface area contributed by atoms with Crippen molar-refractivity contribution in [1.29, 1.82) is 0 Å². The van der Waals surface area contributed by atoms with Gasteiger partial charge in [0.2, 0.25) is 0 Å². The SMILES string of the molecule is OC1(c2cn(Cc3cc(F)cc4cccnc34)nn2)CC[C@H]2CO[C@@H]1O2. The van der Waals surface area contributed by atoms with Gasteiger partial charge in [0.05, 0.1) is 31.0 Å². The summed E-state index contributed by atoms with van der Waals surface area (Å²) in [5.74, 6) is -0.328. The van der Waals surface area contributed by atoms with Crippen LogP contribution in [0, 0.1) is 5.82 Å². The van der Waals surface area contributed by atoms with Gasteiger partial charge in [-0.05, 0) is 31.0 Å². The third-order valence-electron chi connectivity index (χ3n) is 5.05. The van der Waals surface area contributed by atoms with Crippen molar-refractivity contribution in [2.24, 2.45) is 0 Å². The van der Waals surface area contributed by atoms with Crippen LogP contribution < -0.4 is 0 Å². The summed E-state index contributed by atoms with van der Waals surface area (Å²) in [7, 11) is 0. The van der Waals surface area contributed by atoms with Crippen molar-refractivity contribution >= 4 is 10.9 Å². The van der Waals surface area contributed by atoms with E-state index in [0.29, 0.717) is 42.8 Å². The maximum Gasteiger partial charge on any atom is 0.192 e. The number of fused-ring (bicyclic) bond motifs is 3. The van der Waals surface area contributed by atoms with Gasteiger partial charge in [-0.1, -0.05) is 11.3 Å². The summed E-state index contributed by atoms with van der Waals surface area (Å²) in [4.78, 5) is 4.34. The molecule has 0 saturated carbocycles. The molecule has 3 aromatic rings. The van der Waals surface area contributed by atoms with Crippen LogP contribution in [0.5, 0.6) is 0 Å². The van der Waals surface area contributed by atoms with E-state index in [1.54, 1.807) is 23.1 Å². The Labute approximate surface area is 148 Å². The predicted octanol–water partition coefficient (Wildman–Crippen LogP) is 1.74. The number of hydrogen-bond acceptors (Lipinski definition) is 6. The molecule has 0 radical (unpaired) electrons. The molecule has 2 aliphatic rings. The van der Waals surface area contributed by atoms with E-state index in [0.717, 1.165) is 5.39 Å². The number of rotatable bonds is 3. The molecule has 8 heteroatoms. The van der Waals surface area contributed by atoms with Crippen molar-refractivity contribution in [3.63, 3.8) is 0 Å². The maximum atomic E-state index is 13.9. The Morgan fingerprint density at radius 1 is 1.38 bits per heavy atom. The molecule has 1 aromatic carbocycles. The molecule has 3 atom stereocenters. The van der Waals surface area contributed by atoms with Crippen LogP contribution in [0.2, 0.25) is 0 Å². The van der Waals surface area contributed by atoms with Gasteiger partial charge in [0.25, 0.3) is 0 Å². The summed E-state index contributed by atoms with van der Waals surface area (Å²) >= 11 is 0. The van der Waals surface area contributed by atoms with E-state index >= 15 is 0 Å². The van der Waals surface area contributed by atoms with Gasteiger partial charge in [-0.25, -0.2) is 9.07 Å². The molecule has 2 saturated heterocycles. The number of aromatic nitrogens is 4. The Morgan fingerprint density at radius 2 is 2.31 bits per heavy atom. The van der Waals surface area contributed by atoms with E-state index in [2.05, 4.69) is 15.3 Å². The molecule has 0 spiro atoms. The lowest BCUT2D eigenvalue weighted by atomic mass is 9.90. The highest BCUT2D eigenvalue weighted by Crippen LogP contribution is 2.40. The second-order valence-corrected chi connectivity index (χ2v) is 6.83. The van der Waals surface area contributed by atoms with Crippen LogP contribution in [0.4, 0.5) is 4.39 Å². The fourth-order valence-corrected chi connectivity index (χ4v) is 3.69. The molecule has 1 N–H and O–H groups in total. The third kappa shape index (κ3) is 2.49. The molecular formula is C18H17FN4O3. The number of ether oxygens (including phenoxy) is 2. The molecule has 2 aromatic heterocycles. The van der Waals surface area contributed by atoms with Crippen molar-refractivity contribution in [2.45, 2.75) is 37.4 Å². The summed E-state index contributed by atoms with van der Waals surface area (Å²) in [6.07, 6.45) is 3.87. The highest BCUT2D eigenvalue weighted by atomic mass is 19.1. The van der Waals surface area contributed by atoms with Gasteiger partial charge in [-0.2, -0.15) is 0 Å².